The van der Waals surface area contributed by atoms with Gasteiger partial charge in [-0.15, -0.1) is 5.10 Å². The molecule has 0 spiro atoms. The third-order valence-electron chi connectivity index (χ3n) is 7.23. The van der Waals surface area contributed by atoms with Crippen LogP contribution in [0.15, 0.2) is 60.8 Å². The van der Waals surface area contributed by atoms with E-state index in [1.807, 2.05) is 47.1 Å². The predicted molar refractivity (Wildman–Crippen MR) is 134 cm³/mol. The second kappa shape index (κ2) is 9.26. The summed E-state index contributed by atoms with van der Waals surface area (Å²) in [4.78, 5) is 14.0. The summed E-state index contributed by atoms with van der Waals surface area (Å²) in [5, 5.41) is 14.6. The molecule has 5 heterocycles. The quantitative estimate of drug-likeness (QED) is 0.462. The summed E-state index contributed by atoms with van der Waals surface area (Å²) in [6.45, 7) is 2.85. The number of hydrogen-bond acceptors (Lipinski definition) is 6. The van der Waals surface area contributed by atoms with Crippen LogP contribution in [0.5, 0.6) is 0 Å². The third kappa shape index (κ3) is 4.23. The molecule has 8 heteroatoms. The highest BCUT2D eigenvalue weighted by Crippen LogP contribution is 2.36. The lowest BCUT2D eigenvalue weighted by molar-refractivity contribution is 0.208. The number of aliphatic hydroxyl groups is 1. The van der Waals surface area contributed by atoms with Gasteiger partial charge in [-0.25, -0.2) is 18.9 Å². The van der Waals surface area contributed by atoms with Gasteiger partial charge in [-0.2, -0.15) is 0 Å². The SMILES string of the molecule is OCC1CCCN(c2cccc(-c3cnc4ccc(N5CCCC5c5cccc(F)c5)nn34)n2)C1. The number of halogens is 1. The molecule has 0 radical (unpaired) electrons. The van der Waals surface area contributed by atoms with Crippen molar-refractivity contribution >= 4 is 17.3 Å². The topological polar surface area (TPSA) is 69.8 Å². The van der Waals surface area contributed by atoms with Crippen molar-refractivity contribution < 1.29 is 9.50 Å². The van der Waals surface area contributed by atoms with Crippen molar-refractivity contribution in [3.05, 3.63) is 72.2 Å². The summed E-state index contributed by atoms with van der Waals surface area (Å²) in [6.07, 6.45) is 5.93. The number of pyridine rings is 1. The molecule has 3 aromatic heterocycles. The average Bonchev–Trinajstić information content (AvgIpc) is 3.56. The van der Waals surface area contributed by atoms with Crippen molar-refractivity contribution in [1.29, 1.82) is 0 Å². The molecule has 180 valence electrons. The molecular weight excluding hydrogens is 443 g/mol. The average molecular weight is 473 g/mol. The molecule has 0 saturated carbocycles. The maximum Gasteiger partial charge on any atom is 0.154 e. The van der Waals surface area contributed by atoms with Crippen LogP contribution in [0.1, 0.15) is 37.3 Å². The lowest BCUT2D eigenvalue weighted by Gasteiger charge is -2.32. The molecule has 2 unspecified atom stereocenters. The molecule has 6 rings (SSSR count). The van der Waals surface area contributed by atoms with E-state index >= 15 is 0 Å². The fourth-order valence-electron chi connectivity index (χ4n) is 5.46. The van der Waals surface area contributed by atoms with Crippen LogP contribution >= 0.6 is 0 Å². The van der Waals surface area contributed by atoms with E-state index < -0.39 is 0 Å². The Kier molecular flexibility index (Phi) is 5.82. The fraction of sp³-hybridized carbons (Fsp3) is 0.370. The molecular formula is C27H29FN6O. The van der Waals surface area contributed by atoms with Crippen LogP contribution in [0.4, 0.5) is 16.0 Å². The Balaban J connectivity index is 1.33. The molecule has 2 aliphatic heterocycles. The Labute approximate surface area is 203 Å². The van der Waals surface area contributed by atoms with E-state index in [4.69, 9.17) is 10.1 Å². The minimum absolute atomic E-state index is 0.0997. The van der Waals surface area contributed by atoms with Crippen molar-refractivity contribution in [1.82, 2.24) is 19.6 Å². The van der Waals surface area contributed by atoms with Crippen LogP contribution in [-0.2, 0) is 0 Å². The van der Waals surface area contributed by atoms with Crippen LogP contribution in [0.3, 0.4) is 0 Å². The molecule has 35 heavy (non-hydrogen) atoms. The summed E-state index contributed by atoms with van der Waals surface area (Å²) in [7, 11) is 0. The Bertz CT molecular complexity index is 1340. The Morgan fingerprint density at radius 2 is 1.86 bits per heavy atom. The molecule has 1 aromatic carbocycles. The highest BCUT2D eigenvalue weighted by atomic mass is 19.1. The smallest absolute Gasteiger partial charge is 0.154 e. The first-order valence-corrected chi connectivity index (χ1v) is 12.4. The van der Waals surface area contributed by atoms with Gasteiger partial charge < -0.3 is 14.9 Å². The molecule has 0 bridgehead atoms. The van der Waals surface area contributed by atoms with E-state index in [1.165, 1.54) is 6.07 Å². The first-order chi connectivity index (χ1) is 17.2. The number of imidazole rings is 1. The lowest BCUT2D eigenvalue weighted by atomic mass is 9.99. The number of aliphatic hydroxyl groups excluding tert-OH is 1. The second-order valence-electron chi connectivity index (χ2n) is 9.53. The minimum atomic E-state index is -0.209. The van der Waals surface area contributed by atoms with Gasteiger partial charge in [-0.1, -0.05) is 18.2 Å². The van der Waals surface area contributed by atoms with Gasteiger partial charge in [0.2, 0.25) is 0 Å². The summed E-state index contributed by atoms with van der Waals surface area (Å²) >= 11 is 0. The van der Waals surface area contributed by atoms with Crippen molar-refractivity contribution in [2.24, 2.45) is 5.92 Å². The number of rotatable bonds is 5. The maximum atomic E-state index is 13.9. The number of hydrogen-bond donors (Lipinski definition) is 1. The number of anilines is 2. The highest BCUT2D eigenvalue weighted by molar-refractivity contribution is 5.62. The van der Waals surface area contributed by atoms with Crippen LogP contribution in [0, 0.1) is 11.7 Å². The molecule has 7 nitrogen and oxygen atoms in total. The van der Waals surface area contributed by atoms with Gasteiger partial charge in [-0.05, 0) is 73.6 Å². The summed E-state index contributed by atoms with van der Waals surface area (Å²) in [5.41, 5.74) is 3.39. The fourth-order valence-corrected chi connectivity index (χ4v) is 5.46. The monoisotopic (exact) mass is 472 g/mol. The van der Waals surface area contributed by atoms with Gasteiger partial charge in [0.05, 0.1) is 17.9 Å². The van der Waals surface area contributed by atoms with Gasteiger partial charge in [0.15, 0.2) is 5.65 Å². The molecule has 2 saturated heterocycles. The molecule has 0 aliphatic carbocycles. The minimum Gasteiger partial charge on any atom is -0.396 e. The Hall–Kier alpha value is -3.52. The molecule has 2 atom stereocenters. The van der Waals surface area contributed by atoms with E-state index in [2.05, 4.69) is 14.8 Å². The maximum absolute atomic E-state index is 13.9. The molecule has 2 aliphatic rings. The number of nitrogens with zero attached hydrogens (tertiary/aromatic N) is 6. The number of aromatic nitrogens is 4. The molecule has 1 N–H and O–H groups in total. The number of fused-ring (bicyclic) bond motifs is 1. The summed E-state index contributed by atoms with van der Waals surface area (Å²) in [5.74, 6) is 1.85. The van der Waals surface area contributed by atoms with E-state index in [1.54, 1.807) is 12.1 Å². The lowest BCUT2D eigenvalue weighted by Crippen LogP contribution is -2.37. The van der Waals surface area contributed by atoms with E-state index in [0.717, 1.165) is 79.6 Å². The number of benzene rings is 1. The van der Waals surface area contributed by atoms with Crippen LogP contribution in [-0.4, -0.2) is 50.9 Å². The van der Waals surface area contributed by atoms with Crippen molar-refractivity contribution in [3.63, 3.8) is 0 Å². The van der Waals surface area contributed by atoms with Gasteiger partial charge in [0, 0.05) is 26.2 Å². The zero-order valence-corrected chi connectivity index (χ0v) is 19.6. The van der Waals surface area contributed by atoms with Gasteiger partial charge >= 0.3 is 0 Å². The summed E-state index contributed by atoms with van der Waals surface area (Å²) in [6, 6.07) is 17.0. The zero-order chi connectivity index (χ0) is 23.8. The second-order valence-corrected chi connectivity index (χ2v) is 9.53. The molecule has 2 fully saturated rings. The summed E-state index contributed by atoms with van der Waals surface area (Å²) < 4.78 is 15.8. The largest absolute Gasteiger partial charge is 0.396 e. The first-order valence-electron chi connectivity index (χ1n) is 12.4. The van der Waals surface area contributed by atoms with E-state index in [-0.39, 0.29) is 18.5 Å². The Morgan fingerprint density at radius 1 is 0.971 bits per heavy atom. The highest BCUT2D eigenvalue weighted by Gasteiger charge is 2.28. The van der Waals surface area contributed by atoms with E-state index in [0.29, 0.717) is 5.92 Å². The normalized spacial score (nSPS) is 20.6. The first kappa shape index (κ1) is 22.0. The Morgan fingerprint density at radius 3 is 2.74 bits per heavy atom. The van der Waals surface area contributed by atoms with Gasteiger partial charge in [0.25, 0.3) is 0 Å². The molecule has 0 amide bonds. The number of piperidine rings is 1. The van der Waals surface area contributed by atoms with Crippen molar-refractivity contribution in [2.45, 2.75) is 31.7 Å². The molecule has 4 aromatic rings. The standard InChI is InChI=1S/C27H29FN6O/c28-21-7-1-6-20(15-21)23-9-4-14-33(23)27-12-11-25-29-16-24(34(25)31-27)22-8-2-10-26(30-22)32-13-3-5-19(17-32)18-35/h1-2,6-8,10-12,15-16,19,23,35H,3-5,9,13-14,17-18H2. The van der Waals surface area contributed by atoms with E-state index in [9.17, 15) is 9.50 Å². The van der Waals surface area contributed by atoms with Crippen LogP contribution in [0.25, 0.3) is 17.0 Å². The third-order valence-corrected chi connectivity index (χ3v) is 7.23. The van der Waals surface area contributed by atoms with Gasteiger partial charge in [0.1, 0.15) is 23.1 Å². The van der Waals surface area contributed by atoms with Crippen LogP contribution in [0.2, 0.25) is 0 Å². The van der Waals surface area contributed by atoms with Crippen LogP contribution < -0.4 is 9.80 Å². The predicted octanol–water partition coefficient (Wildman–Crippen LogP) is 4.48. The zero-order valence-electron chi connectivity index (χ0n) is 19.6. The van der Waals surface area contributed by atoms with Gasteiger partial charge in [-0.3, -0.25) is 0 Å². The van der Waals surface area contributed by atoms with Crippen molar-refractivity contribution in [3.8, 4) is 11.4 Å². The van der Waals surface area contributed by atoms with Crippen molar-refractivity contribution in [2.75, 3.05) is 36.0 Å².